The largest absolute Gasteiger partial charge is 0.480 e. The molecule has 3 aromatic rings. The maximum Gasteiger partial charge on any atom is 0.326 e. The van der Waals surface area contributed by atoms with Crippen molar-refractivity contribution in [1.29, 1.82) is 0 Å². The highest BCUT2D eigenvalue weighted by atomic mass is 35.5. The van der Waals surface area contributed by atoms with Gasteiger partial charge in [0.25, 0.3) is 5.91 Å². The normalized spacial score (nSPS) is 14.0. The smallest absolute Gasteiger partial charge is 0.326 e. The quantitative estimate of drug-likeness (QED) is 0.354. The van der Waals surface area contributed by atoms with E-state index in [1.807, 2.05) is 31.2 Å². The maximum absolute atomic E-state index is 13.2. The van der Waals surface area contributed by atoms with E-state index >= 15 is 0 Å². The van der Waals surface area contributed by atoms with Crippen molar-refractivity contribution in [3.63, 3.8) is 0 Å². The van der Waals surface area contributed by atoms with Gasteiger partial charge >= 0.3 is 5.97 Å². The highest BCUT2D eigenvalue weighted by Crippen LogP contribution is 2.35. The van der Waals surface area contributed by atoms with Gasteiger partial charge in [0.15, 0.2) is 9.84 Å². The Morgan fingerprint density at radius 1 is 1.10 bits per heavy atom. The lowest BCUT2D eigenvalue weighted by Crippen LogP contribution is -2.42. The summed E-state index contributed by atoms with van der Waals surface area (Å²) in [5.74, 6) is -2.24. The van der Waals surface area contributed by atoms with Gasteiger partial charge in [0.1, 0.15) is 6.04 Å². The standard InChI is InChI=1S/C30H28Cl2N2O6S/c1-18-6-3-4-8-20(18)10-11-26(35)34-13-12-23-21(17-34)16-24(31)27(28(23)32)29(36)33-25(30(37)38)15-19-7-5-9-22(14-19)41(2,39)40/h3-11,14,16,25H,12-13,15,17H2,1-2H3,(H,33,36)(H,37,38)/b11-10+/t25-/m0/s1. The first-order chi connectivity index (χ1) is 19.3. The monoisotopic (exact) mass is 614 g/mol. The summed E-state index contributed by atoms with van der Waals surface area (Å²) in [6.45, 7) is 2.59. The second-order valence-electron chi connectivity index (χ2n) is 9.87. The molecule has 0 spiro atoms. The highest BCUT2D eigenvalue weighted by Gasteiger charge is 2.29. The Morgan fingerprint density at radius 3 is 2.51 bits per heavy atom. The number of carboxylic acid groups (broad SMARTS) is 1. The van der Waals surface area contributed by atoms with Crippen LogP contribution >= 0.6 is 23.2 Å². The predicted molar refractivity (Wildman–Crippen MR) is 158 cm³/mol. The van der Waals surface area contributed by atoms with Crippen LogP contribution in [-0.4, -0.2) is 55.1 Å². The molecule has 11 heteroatoms. The van der Waals surface area contributed by atoms with Gasteiger partial charge < -0.3 is 15.3 Å². The third kappa shape index (κ3) is 7.16. The summed E-state index contributed by atoms with van der Waals surface area (Å²) in [6.07, 6.45) is 4.58. The minimum atomic E-state index is -3.49. The molecule has 0 fully saturated rings. The first-order valence-corrected chi connectivity index (χ1v) is 15.3. The number of carbonyl (C=O) groups is 3. The molecule has 0 saturated carbocycles. The molecule has 1 aliphatic rings. The molecule has 2 amide bonds. The summed E-state index contributed by atoms with van der Waals surface area (Å²) in [5.41, 5.74) is 3.74. The summed E-state index contributed by atoms with van der Waals surface area (Å²) in [5, 5.41) is 12.4. The number of fused-ring (bicyclic) bond motifs is 1. The number of carboxylic acids is 1. The van der Waals surface area contributed by atoms with Crippen LogP contribution in [0.4, 0.5) is 0 Å². The number of amides is 2. The van der Waals surface area contributed by atoms with Gasteiger partial charge in [-0.25, -0.2) is 13.2 Å². The van der Waals surface area contributed by atoms with E-state index in [-0.39, 0.29) is 39.4 Å². The molecule has 8 nitrogen and oxygen atoms in total. The minimum absolute atomic E-state index is 0.0270. The lowest BCUT2D eigenvalue weighted by atomic mass is 9.96. The molecule has 0 radical (unpaired) electrons. The van der Waals surface area contributed by atoms with Crippen molar-refractivity contribution in [2.24, 2.45) is 0 Å². The highest BCUT2D eigenvalue weighted by molar-refractivity contribution is 7.90. The fraction of sp³-hybridized carbons (Fsp3) is 0.233. The van der Waals surface area contributed by atoms with E-state index in [1.165, 1.54) is 24.3 Å². The van der Waals surface area contributed by atoms with Gasteiger partial charge in [0.2, 0.25) is 5.91 Å². The van der Waals surface area contributed by atoms with Crippen LogP contribution in [0.5, 0.6) is 0 Å². The van der Waals surface area contributed by atoms with E-state index < -0.39 is 27.8 Å². The van der Waals surface area contributed by atoms with Crippen LogP contribution in [0.1, 0.15) is 38.2 Å². The van der Waals surface area contributed by atoms with Gasteiger partial charge in [-0.3, -0.25) is 9.59 Å². The van der Waals surface area contributed by atoms with Crippen molar-refractivity contribution in [2.45, 2.75) is 37.2 Å². The van der Waals surface area contributed by atoms with E-state index in [0.29, 0.717) is 29.7 Å². The molecule has 0 saturated heterocycles. The zero-order valence-electron chi connectivity index (χ0n) is 22.4. The number of hydrogen-bond donors (Lipinski definition) is 2. The number of sulfone groups is 1. The number of aliphatic carboxylic acids is 1. The van der Waals surface area contributed by atoms with Crippen LogP contribution in [-0.2, 0) is 38.8 Å². The van der Waals surface area contributed by atoms with Gasteiger partial charge in [0, 0.05) is 31.8 Å². The van der Waals surface area contributed by atoms with Gasteiger partial charge in [-0.05, 0) is 65.4 Å². The number of carbonyl (C=O) groups excluding carboxylic acids is 2. The molecule has 0 unspecified atom stereocenters. The van der Waals surface area contributed by atoms with Gasteiger partial charge in [-0.1, -0.05) is 59.6 Å². The van der Waals surface area contributed by atoms with Gasteiger partial charge in [-0.15, -0.1) is 0 Å². The molecule has 4 rings (SSSR count). The first kappa shape index (κ1) is 30.3. The Kier molecular flexibility index (Phi) is 9.21. The number of rotatable bonds is 8. The van der Waals surface area contributed by atoms with Crippen molar-refractivity contribution in [3.05, 3.63) is 104 Å². The molecule has 1 atom stereocenters. The molecule has 214 valence electrons. The minimum Gasteiger partial charge on any atom is -0.480 e. The second kappa shape index (κ2) is 12.5. The number of aryl methyl sites for hydroxylation is 1. The van der Waals surface area contributed by atoms with Crippen molar-refractivity contribution in [2.75, 3.05) is 12.8 Å². The van der Waals surface area contributed by atoms with E-state index in [1.54, 1.807) is 23.1 Å². The molecular formula is C30H28Cl2N2O6S. The average molecular weight is 616 g/mol. The lowest BCUT2D eigenvalue weighted by molar-refractivity contribution is -0.139. The van der Waals surface area contributed by atoms with Crippen LogP contribution in [0, 0.1) is 6.92 Å². The zero-order valence-corrected chi connectivity index (χ0v) is 24.7. The summed E-state index contributed by atoms with van der Waals surface area (Å²) in [4.78, 5) is 39.8. The zero-order chi connectivity index (χ0) is 29.9. The van der Waals surface area contributed by atoms with Crippen LogP contribution in [0.25, 0.3) is 6.08 Å². The Bertz CT molecular complexity index is 1670. The first-order valence-electron chi connectivity index (χ1n) is 12.7. The Morgan fingerprint density at radius 2 is 1.83 bits per heavy atom. The van der Waals surface area contributed by atoms with E-state index in [9.17, 15) is 27.9 Å². The summed E-state index contributed by atoms with van der Waals surface area (Å²) in [7, 11) is -3.49. The molecule has 2 N–H and O–H groups in total. The summed E-state index contributed by atoms with van der Waals surface area (Å²) >= 11 is 13.1. The summed E-state index contributed by atoms with van der Waals surface area (Å²) in [6, 6.07) is 13.8. The molecule has 0 aliphatic carbocycles. The molecule has 41 heavy (non-hydrogen) atoms. The lowest BCUT2D eigenvalue weighted by Gasteiger charge is -2.29. The topological polar surface area (TPSA) is 121 Å². The third-order valence-electron chi connectivity index (χ3n) is 6.91. The number of benzene rings is 3. The van der Waals surface area contributed by atoms with Crippen LogP contribution < -0.4 is 5.32 Å². The molecule has 0 bridgehead atoms. The third-order valence-corrected chi connectivity index (χ3v) is 8.73. The Hall–Kier alpha value is -3.66. The Labute approximate surface area is 248 Å². The van der Waals surface area contributed by atoms with Gasteiger partial charge in [0.05, 0.1) is 20.5 Å². The van der Waals surface area contributed by atoms with Crippen molar-refractivity contribution < 1.29 is 27.9 Å². The number of nitrogens with zero attached hydrogens (tertiary/aromatic N) is 1. The second-order valence-corrected chi connectivity index (χ2v) is 12.7. The molecule has 0 aromatic heterocycles. The van der Waals surface area contributed by atoms with Crippen molar-refractivity contribution in [3.8, 4) is 0 Å². The number of hydrogen-bond acceptors (Lipinski definition) is 5. The molecule has 1 heterocycles. The average Bonchev–Trinajstić information content (AvgIpc) is 2.91. The van der Waals surface area contributed by atoms with Crippen molar-refractivity contribution >= 4 is 56.9 Å². The fourth-order valence-corrected chi connectivity index (χ4v) is 6.11. The van der Waals surface area contributed by atoms with E-state index in [0.717, 1.165) is 17.4 Å². The van der Waals surface area contributed by atoms with Gasteiger partial charge in [-0.2, -0.15) is 0 Å². The van der Waals surface area contributed by atoms with E-state index in [2.05, 4.69) is 5.32 Å². The van der Waals surface area contributed by atoms with Crippen molar-refractivity contribution in [1.82, 2.24) is 10.2 Å². The number of nitrogens with one attached hydrogen (secondary N) is 1. The summed E-state index contributed by atoms with van der Waals surface area (Å²) < 4.78 is 23.8. The SMILES string of the molecule is Cc1ccccc1/C=C/C(=O)N1CCc2c(cc(Cl)c(C(=O)N[C@@H](Cc3cccc(S(C)(=O)=O)c3)C(=O)O)c2Cl)C1. The molecule has 3 aromatic carbocycles. The fourth-order valence-electron chi connectivity index (χ4n) is 4.66. The number of halogens is 2. The predicted octanol–water partition coefficient (Wildman–Crippen LogP) is 4.73. The molecular weight excluding hydrogens is 587 g/mol. The maximum atomic E-state index is 13.2. The van der Waals surface area contributed by atoms with Crippen LogP contribution in [0.15, 0.2) is 65.6 Å². The van der Waals surface area contributed by atoms with Crippen LogP contribution in [0.3, 0.4) is 0 Å². The Balaban J connectivity index is 1.51. The molecule has 1 aliphatic heterocycles. The van der Waals surface area contributed by atoms with E-state index in [4.69, 9.17) is 23.2 Å². The van der Waals surface area contributed by atoms with Crippen LogP contribution in [0.2, 0.25) is 10.0 Å².